The number of nitrogens with two attached hydrogens (primary N) is 1. The molecular formula is C27H26IN5O6. The van der Waals surface area contributed by atoms with Gasteiger partial charge in [0.1, 0.15) is 15.2 Å². The Balaban J connectivity index is 1.62. The van der Waals surface area contributed by atoms with Crippen LogP contribution in [0, 0.1) is 17.5 Å². The summed E-state index contributed by atoms with van der Waals surface area (Å²) in [6.07, 6.45) is -4.79. The quantitative estimate of drug-likeness (QED) is 0.202. The number of nitrogen functional groups attached to an aromatic ring is 1. The van der Waals surface area contributed by atoms with Crippen LogP contribution < -0.4 is 10.5 Å². The minimum atomic E-state index is -2.32. The molecule has 1 fully saturated rings. The van der Waals surface area contributed by atoms with Gasteiger partial charge in [0.25, 0.3) is 0 Å². The second-order valence-electron chi connectivity index (χ2n) is 9.43. The highest BCUT2D eigenvalue weighted by Gasteiger charge is 2.58. The standard InChI is InChI=1S/C27H26IN5O6/c1-13-8-4-6-10-15(13)19(34)20(35)22-27(37,21(36)16-11-7-5-9-14(16)2)12-17(39-22)33-24-18(23(28)32-33)25(38-3)31-26(29)30-24/h4-11,17,19,22,34,37H,12H2,1-3H3,(H2,29,30,31)/t17-,19?,22+,27+/m0/s1. The van der Waals surface area contributed by atoms with Gasteiger partial charge in [0.05, 0.1) is 7.11 Å². The van der Waals surface area contributed by atoms with Crippen LogP contribution in [-0.4, -0.2) is 60.3 Å². The monoisotopic (exact) mass is 643 g/mol. The number of Topliss-reactive ketones (excluding diaryl/α,β-unsaturated/α-hetero) is 2. The molecule has 0 saturated carbocycles. The highest BCUT2D eigenvalue weighted by Crippen LogP contribution is 2.43. The van der Waals surface area contributed by atoms with E-state index in [0.29, 0.717) is 25.8 Å². The van der Waals surface area contributed by atoms with Gasteiger partial charge in [0.2, 0.25) is 11.8 Å². The van der Waals surface area contributed by atoms with Gasteiger partial charge in [-0.3, -0.25) is 9.59 Å². The number of benzene rings is 2. The Bertz CT molecular complexity index is 1610. The van der Waals surface area contributed by atoms with E-state index in [1.807, 2.05) is 22.6 Å². The Hall–Kier alpha value is -3.46. The van der Waals surface area contributed by atoms with Crippen molar-refractivity contribution in [2.45, 2.75) is 44.3 Å². The number of ether oxygens (including phenoxy) is 2. The maximum absolute atomic E-state index is 13.9. The third kappa shape index (κ3) is 4.56. The number of hydrogen-bond acceptors (Lipinski definition) is 10. The van der Waals surface area contributed by atoms with E-state index in [1.165, 1.54) is 11.8 Å². The van der Waals surface area contributed by atoms with E-state index in [1.54, 1.807) is 62.4 Å². The lowest BCUT2D eigenvalue weighted by molar-refractivity contribution is -0.148. The van der Waals surface area contributed by atoms with E-state index in [4.69, 9.17) is 15.2 Å². The third-order valence-electron chi connectivity index (χ3n) is 6.97. The largest absolute Gasteiger partial charge is 0.480 e. The fourth-order valence-corrected chi connectivity index (χ4v) is 5.64. The maximum atomic E-state index is 13.9. The number of halogens is 1. The normalized spacial score (nSPS) is 21.7. The Morgan fingerprint density at radius 1 is 1.15 bits per heavy atom. The Kier molecular flexibility index (Phi) is 7.13. The number of aliphatic hydroxyl groups is 2. The summed E-state index contributed by atoms with van der Waals surface area (Å²) in [5.74, 6) is -1.44. The van der Waals surface area contributed by atoms with Crippen molar-refractivity contribution in [3.63, 3.8) is 0 Å². The second-order valence-corrected chi connectivity index (χ2v) is 10.5. The van der Waals surface area contributed by atoms with Crippen molar-refractivity contribution in [1.29, 1.82) is 0 Å². The van der Waals surface area contributed by atoms with Gasteiger partial charge in [0, 0.05) is 12.0 Å². The number of aliphatic hydroxyl groups excluding tert-OH is 1. The van der Waals surface area contributed by atoms with E-state index in [0.717, 1.165) is 0 Å². The van der Waals surface area contributed by atoms with Gasteiger partial charge in [0.15, 0.2) is 35.1 Å². The third-order valence-corrected chi connectivity index (χ3v) is 7.72. The van der Waals surface area contributed by atoms with E-state index >= 15 is 0 Å². The fourth-order valence-electron chi connectivity index (χ4n) is 4.93. The molecule has 12 heteroatoms. The smallest absolute Gasteiger partial charge is 0.230 e. The Morgan fingerprint density at radius 3 is 2.49 bits per heavy atom. The molecule has 2 aromatic heterocycles. The molecule has 4 N–H and O–H groups in total. The molecule has 11 nitrogen and oxygen atoms in total. The van der Waals surface area contributed by atoms with Crippen molar-refractivity contribution in [2.24, 2.45) is 0 Å². The lowest BCUT2D eigenvalue weighted by Gasteiger charge is -2.28. The number of nitrogens with zero attached hydrogens (tertiary/aromatic N) is 4. The van der Waals surface area contributed by atoms with Crippen LogP contribution in [0.15, 0.2) is 48.5 Å². The molecule has 4 aromatic rings. The first-order valence-corrected chi connectivity index (χ1v) is 13.2. The van der Waals surface area contributed by atoms with E-state index in [9.17, 15) is 19.8 Å². The van der Waals surface area contributed by atoms with Crippen LogP contribution in [0.1, 0.15) is 45.8 Å². The van der Waals surface area contributed by atoms with Crippen molar-refractivity contribution in [3.05, 3.63) is 74.5 Å². The molecule has 0 radical (unpaired) electrons. The lowest BCUT2D eigenvalue weighted by atomic mass is 9.81. The van der Waals surface area contributed by atoms with Crippen molar-refractivity contribution in [2.75, 3.05) is 12.8 Å². The first kappa shape index (κ1) is 27.1. The molecular weight excluding hydrogens is 617 g/mol. The number of fused-ring (bicyclic) bond motifs is 1. The Morgan fingerprint density at radius 2 is 1.82 bits per heavy atom. The molecule has 202 valence electrons. The van der Waals surface area contributed by atoms with Crippen LogP contribution in [0.3, 0.4) is 0 Å². The van der Waals surface area contributed by atoms with Gasteiger partial charge in [-0.25, -0.2) is 4.68 Å². The SMILES string of the molecule is COc1nc(N)nc2c1c(I)nn2[C@@H]1C[C@@](O)(C(=O)c2ccccc2C)[C@@H](C(=O)C(O)c2ccccc2C)O1. The minimum absolute atomic E-state index is 0.0799. The molecule has 39 heavy (non-hydrogen) atoms. The predicted molar refractivity (Wildman–Crippen MR) is 149 cm³/mol. The number of ketones is 2. The molecule has 0 aliphatic carbocycles. The molecule has 5 rings (SSSR count). The summed E-state index contributed by atoms with van der Waals surface area (Å²) >= 11 is 1.98. The summed E-state index contributed by atoms with van der Waals surface area (Å²) in [5, 5.41) is 28.0. The molecule has 2 aromatic carbocycles. The fraction of sp³-hybridized carbons (Fsp3) is 0.296. The summed E-state index contributed by atoms with van der Waals surface area (Å²) in [5.41, 5.74) is 5.70. The predicted octanol–water partition coefficient (Wildman–Crippen LogP) is 2.84. The van der Waals surface area contributed by atoms with Crippen LogP contribution in [0.5, 0.6) is 5.88 Å². The van der Waals surface area contributed by atoms with Crippen molar-refractivity contribution in [1.82, 2.24) is 19.7 Å². The van der Waals surface area contributed by atoms with Gasteiger partial charge in [-0.05, 0) is 53.1 Å². The number of methoxy groups -OCH3 is 1. The van der Waals surface area contributed by atoms with Gasteiger partial charge < -0.3 is 25.4 Å². The number of hydrogen-bond donors (Lipinski definition) is 3. The van der Waals surface area contributed by atoms with Gasteiger partial charge in [-0.2, -0.15) is 15.1 Å². The lowest BCUT2D eigenvalue weighted by Crippen LogP contribution is -2.51. The molecule has 1 aliphatic heterocycles. The molecule has 0 amide bonds. The molecule has 1 saturated heterocycles. The number of carbonyl (C=O) groups is 2. The van der Waals surface area contributed by atoms with Crippen LogP contribution >= 0.6 is 22.6 Å². The topological polar surface area (TPSA) is 163 Å². The van der Waals surface area contributed by atoms with E-state index in [2.05, 4.69) is 15.1 Å². The zero-order chi connectivity index (χ0) is 28.1. The van der Waals surface area contributed by atoms with Crippen molar-refractivity contribution >= 4 is 51.1 Å². The zero-order valence-electron chi connectivity index (χ0n) is 21.3. The molecule has 0 spiro atoms. The number of carbonyl (C=O) groups excluding carboxylic acids is 2. The average Bonchev–Trinajstić information content (AvgIpc) is 3.45. The summed E-state index contributed by atoms with van der Waals surface area (Å²) in [4.78, 5) is 36.0. The molecule has 4 atom stereocenters. The van der Waals surface area contributed by atoms with Crippen LogP contribution in [0.25, 0.3) is 11.0 Å². The van der Waals surface area contributed by atoms with Gasteiger partial charge in [-0.15, -0.1) is 0 Å². The minimum Gasteiger partial charge on any atom is -0.480 e. The van der Waals surface area contributed by atoms with Gasteiger partial charge in [-0.1, -0.05) is 48.5 Å². The maximum Gasteiger partial charge on any atom is 0.230 e. The number of aromatic nitrogens is 4. The molecule has 0 bridgehead atoms. The summed E-state index contributed by atoms with van der Waals surface area (Å²) < 4.78 is 13.3. The number of anilines is 1. The molecule has 3 heterocycles. The van der Waals surface area contributed by atoms with Crippen molar-refractivity contribution in [3.8, 4) is 5.88 Å². The molecule has 1 unspecified atom stereocenters. The summed E-state index contributed by atoms with van der Waals surface area (Å²) in [6.45, 7) is 3.49. The van der Waals surface area contributed by atoms with Crippen LogP contribution in [0.4, 0.5) is 5.95 Å². The van der Waals surface area contributed by atoms with Crippen molar-refractivity contribution < 1.29 is 29.3 Å². The number of rotatable bonds is 7. The zero-order valence-corrected chi connectivity index (χ0v) is 23.5. The van der Waals surface area contributed by atoms with Crippen LogP contribution in [0.2, 0.25) is 0 Å². The first-order valence-electron chi connectivity index (χ1n) is 12.1. The number of aryl methyl sites for hydroxylation is 2. The van der Waals surface area contributed by atoms with Gasteiger partial charge >= 0.3 is 0 Å². The van der Waals surface area contributed by atoms with E-state index < -0.39 is 35.6 Å². The highest BCUT2D eigenvalue weighted by molar-refractivity contribution is 14.1. The average molecular weight is 643 g/mol. The van der Waals surface area contributed by atoms with E-state index in [-0.39, 0.29) is 29.5 Å². The second kappa shape index (κ2) is 10.3. The highest BCUT2D eigenvalue weighted by atomic mass is 127. The Labute approximate surface area is 237 Å². The summed E-state index contributed by atoms with van der Waals surface area (Å²) in [6, 6.07) is 13.6. The van der Waals surface area contributed by atoms with Crippen LogP contribution in [-0.2, 0) is 9.53 Å². The molecule has 1 aliphatic rings. The first-order chi connectivity index (χ1) is 18.6. The summed E-state index contributed by atoms with van der Waals surface area (Å²) in [7, 11) is 1.43.